The van der Waals surface area contributed by atoms with Crippen LogP contribution in [0.4, 0.5) is 5.69 Å². The molecule has 2 unspecified atom stereocenters. The molecule has 1 saturated heterocycles. The molecule has 1 aliphatic rings. The Balaban J connectivity index is 2.15. The van der Waals surface area contributed by atoms with Crippen molar-refractivity contribution in [3.05, 3.63) is 24.3 Å². The largest absolute Gasteiger partial charge is 0.497 e. The van der Waals surface area contributed by atoms with Crippen LogP contribution in [-0.4, -0.2) is 31.0 Å². The van der Waals surface area contributed by atoms with Crippen LogP contribution in [0.1, 0.15) is 26.7 Å². The normalized spacial score (nSPS) is 20.4. The van der Waals surface area contributed by atoms with Gasteiger partial charge in [-0.2, -0.15) is 0 Å². The number of methoxy groups -OCH3 is 1. The number of nitrogens with zero attached hydrogens (tertiary/aromatic N) is 1. The number of ether oxygens (including phenoxy) is 1. The molecule has 1 heterocycles. The lowest BCUT2D eigenvalue weighted by Gasteiger charge is -2.18. The van der Waals surface area contributed by atoms with Crippen LogP contribution in [0.5, 0.6) is 5.75 Å². The minimum atomic E-state index is -0.417. The fourth-order valence-electron chi connectivity index (χ4n) is 2.23. The summed E-state index contributed by atoms with van der Waals surface area (Å²) in [5, 5.41) is 3.19. The molecule has 1 N–H and O–H groups in total. The van der Waals surface area contributed by atoms with Crippen molar-refractivity contribution in [2.75, 3.05) is 12.0 Å². The van der Waals surface area contributed by atoms with E-state index in [1.807, 2.05) is 13.8 Å². The minimum absolute atomic E-state index is 0.166. The molecule has 0 aromatic heterocycles. The number of carbonyl (C=O) groups excluding carboxylic acids is 2. The first kappa shape index (κ1) is 14.5. The van der Waals surface area contributed by atoms with Gasteiger partial charge in [-0.25, -0.2) is 4.90 Å². The van der Waals surface area contributed by atoms with Gasteiger partial charge in [0.25, 0.3) is 5.91 Å². The van der Waals surface area contributed by atoms with Crippen molar-refractivity contribution < 1.29 is 14.3 Å². The SMILES string of the molecule is CCC(C)NC1CC(=O)N(c2ccc(OC)cc2)C1=O. The van der Waals surface area contributed by atoms with Crippen molar-refractivity contribution in [3.8, 4) is 5.75 Å². The van der Waals surface area contributed by atoms with E-state index in [0.717, 1.165) is 6.42 Å². The van der Waals surface area contributed by atoms with Crippen LogP contribution in [0.25, 0.3) is 0 Å². The highest BCUT2D eigenvalue weighted by Gasteiger charge is 2.39. The summed E-state index contributed by atoms with van der Waals surface area (Å²) in [6, 6.07) is 6.73. The second-order valence-electron chi connectivity index (χ2n) is 5.00. The molecule has 1 aliphatic heterocycles. The topological polar surface area (TPSA) is 58.6 Å². The van der Waals surface area contributed by atoms with Gasteiger partial charge >= 0.3 is 0 Å². The van der Waals surface area contributed by atoms with Crippen LogP contribution in [0, 0.1) is 0 Å². The third-order valence-corrected chi connectivity index (χ3v) is 3.58. The molecule has 1 fully saturated rings. The van der Waals surface area contributed by atoms with Crippen LogP contribution in [0.15, 0.2) is 24.3 Å². The predicted molar refractivity (Wildman–Crippen MR) is 76.8 cm³/mol. The van der Waals surface area contributed by atoms with Gasteiger partial charge in [0.2, 0.25) is 5.91 Å². The Hall–Kier alpha value is -1.88. The summed E-state index contributed by atoms with van der Waals surface area (Å²) in [6.45, 7) is 4.05. The zero-order chi connectivity index (χ0) is 14.7. The average molecular weight is 276 g/mol. The average Bonchev–Trinajstić information content (AvgIpc) is 2.73. The van der Waals surface area contributed by atoms with Gasteiger partial charge in [0.15, 0.2) is 0 Å². The number of carbonyl (C=O) groups is 2. The van der Waals surface area contributed by atoms with Crippen LogP contribution in [0.2, 0.25) is 0 Å². The first-order valence-electron chi connectivity index (χ1n) is 6.83. The summed E-state index contributed by atoms with van der Waals surface area (Å²) in [5.74, 6) is 0.351. The Bertz CT molecular complexity index is 498. The number of nitrogens with one attached hydrogen (secondary N) is 1. The highest BCUT2D eigenvalue weighted by atomic mass is 16.5. The lowest BCUT2D eigenvalue weighted by molar-refractivity contribution is -0.121. The first-order chi connectivity index (χ1) is 9.56. The number of rotatable bonds is 5. The molecular weight excluding hydrogens is 256 g/mol. The van der Waals surface area contributed by atoms with Gasteiger partial charge in [0, 0.05) is 6.04 Å². The van der Waals surface area contributed by atoms with E-state index >= 15 is 0 Å². The lowest BCUT2D eigenvalue weighted by Crippen LogP contribution is -2.42. The van der Waals surface area contributed by atoms with Crippen molar-refractivity contribution in [2.45, 2.75) is 38.8 Å². The van der Waals surface area contributed by atoms with Gasteiger partial charge in [0.1, 0.15) is 5.75 Å². The van der Waals surface area contributed by atoms with E-state index in [1.165, 1.54) is 4.90 Å². The van der Waals surface area contributed by atoms with Crippen molar-refractivity contribution in [2.24, 2.45) is 0 Å². The Morgan fingerprint density at radius 1 is 1.35 bits per heavy atom. The quantitative estimate of drug-likeness (QED) is 0.832. The molecule has 20 heavy (non-hydrogen) atoms. The third kappa shape index (κ3) is 2.82. The number of hydrogen-bond donors (Lipinski definition) is 1. The Kier molecular flexibility index (Phi) is 4.39. The van der Waals surface area contributed by atoms with Crippen molar-refractivity contribution in [1.29, 1.82) is 0 Å². The second kappa shape index (κ2) is 6.05. The summed E-state index contributed by atoms with van der Waals surface area (Å²) in [6.07, 6.45) is 1.13. The molecule has 5 nitrogen and oxygen atoms in total. The third-order valence-electron chi connectivity index (χ3n) is 3.58. The maximum absolute atomic E-state index is 12.3. The molecule has 0 saturated carbocycles. The molecule has 2 amide bonds. The maximum Gasteiger partial charge on any atom is 0.251 e. The molecule has 1 aromatic carbocycles. The highest BCUT2D eigenvalue weighted by Crippen LogP contribution is 2.25. The first-order valence-corrected chi connectivity index (χ1v) is 6.83. The molecule has 0 spiro atoms. The highest BCUT2D eigenvalue weighted by molar-refractivity contribution is 6.22. The standard InChI is InChI=1S/C15H20N2O3/c1-4-10(2)16-13-9-14(18)17(15(13)19)11-5-7-12(20-3)8-6-11/h5-8,10,13,16H,4,9H2,1-3H3. The fourth-order valence-corrected chi connectivity index (χ4v) is 2.23. The summed E-state index contributed by atoms with van der Waals surface area (Å²) >= 11 is 0. The lowest BCUT2D eigenvalue weighted by atomic mass is 10.2. The molecular formula is C15H20N2O3. The monoisotopic (exact) mass is 276 g/mol. The number of hydrogen-bond acceptors (Lipinski definition) is 4. The minimum Gasteiger partial charge on any atom is -0.497 e. The van der Waals surface area contributed by atoms with Gasteiger partial charge < -0.3 is 10.1 Å². The summed E-state index contributed by atoms with van der Waals surface area (Å²) < 4.78 is 5.07. The van der Waals surface area contributed by atoms with E-state index < -0.39 is 6.04 Å². The van der Waals surface area contributed by atoms with Crippen molar-refractivity contribution in [3.63, 3.8) is 0 Å². The van der Waals surface area contributed by atoms with Crippen molar-refractivity contribution in [1.82, 2.24) is 5.32 Å². The van der Waals surface area contributed by atoms with E-state index in [1.54, 1.807) is 31.4 Å². The Labute approximate surface area is 118 Å². The molecule has 108 valence electrons. The van der Waals surface area contributed by atoms with E-state index in [-0.39, 0.29) is 24.3 Å². The predicted octanol–water partition coefficient (Wildman–Crippen LogP) is 1.72. The van der Waals surface area contributed by atoms with E-state index in [9.17, 15) is 9.59 Å². The molecule has 0 aliphatic carbocycles. The Morgan fingerprint density at radius 2 is 2.00 bits per heavy atom. The van der Waals surface area contributed by atoms with Crippen LogP contribution < -0.4 is 15.0 Å². The Morgan fingerprint density at radius 3 is 2.55 bits per heavy atom. The van der Waals surface area contributed by atoms with Crippen LogP contribution in [-0.2, 0) is 9.59 Å². The van der Waals surface area contributed by atoms with Gasteiger partial charge in [-0.15, -0.1) is 0 Å². The zero-order valence-electron chi connectivity index (χ0n) is 12.1. The molecule has 5 heteroatoms. The van der Waals surface area contributed by atoms with Gasteiger partial charge in [-0.3, -0.25) is 9.59 Å². The molecule has 1 aromatic rings. The van der Waals surface area contributed by atoms with Crippen LogP contribution in [0.3, 0.4) is 0 Å². The van der Waals surface area contributed by atoms with E-state index in [2.05, 4.69) is 5.32 Å². The fraction of sp³-hybridized carbons (Fsp3) is 0.467. The van der Waals surface area contributed by atoms with Gasteiger partial charge in [0.05, 0.1) is 25.3 Å². The molecule has 0 bridgehead atoms. The zero-order valence-corrected chi connectivity index (χ0v) is 12.1. The summed E-state index contributed by atoms with van der Waals surface area (Å²) in [4.78, 5) is 25.6. The van der Waals surface area contributed by atoms with Gasteiger partial charge in [-0.1, -0.05) is 6.92 Å². The summed E-state index contributed by atoms with van der Waals surface area (Å²) in [5.41, 5.74) is 0.592. The number of anilines is 1. The number of amides is 2. The van der Waals surface area contributed by atoms with Crippen LogP contribution >= 0.6 is 0 Å². The molecule has 2 atom stereocenters. The van der Waals surface area contributed by atoms with Gasteiger partial charge in [-0.05, 0) is 37.6 Å². The number of imide groups is 1. The summed E-state index contributed by atoms with van der Waals surface area (Å²) in [7, 11) is 1.58. The molecule has 0 radical (unpaired) electrons. The second-order valence-corrected chi connectivity index (χ2v) is 5.00. The van der Waals surface area contributed by atoms with Crippen molar-refractivity contribution >= 4 is 17.5 Å². The van der Waals surface area contributed by atoms with E-state index in [0.29, 0.717) is 11.4 Å². The number of benzene rings is 1. The maximum atomic E-state index is 12.3. The smallest absolute Gasteiger partial charge is 0.251 e. The molecule has 2 rings (SSSR count). The van der Waals surface area contributed by atoms with E-state index in [4.69, 9.17) is 4.74 Å².